The molecular formula is C15H21NO4S. The molecule has 1 aromatic carbocycles. The summed E-state index contributed by atoms with van der Waals surface area (Å²) in [5.74, 6) is -0.995. The molecule has 0 radical (unpaired) electrons. The van der Waals surface area contributed by atoms with Crippen LogP contribution in [0.2, 0.25) is 0 Å². The van der Waals surface area contributed by atoms with Crippen molar-refractivity contribution in [3.63, 3.8) is 0 Å². The predicted octanol–water partition coefficient (Wildman–Crippen LogP) is 2.10. The summed E-state index contributed by atoms with van der Waals surface area (Å²) in [6.45, 7) is 1.87. The minimum Gasteiger partial charge on any atom is -0.469 e. The summed E-state index contributed by atoms with van der Waals surface area (Å²) in [4.78, 5) is 11.8. The van der Waals surface area contributed by atoms with Crippen molar-refractivity contribution in [2.45, 2.75) is 31.4 Å². The Morgan fingerprint density at radius 3 is 2.57 bits per heavy atom. The van der Waals surface area contributed by atoms with E-state index < -0.39 is 27.2 Å². The second kappa shape index (κ2) is 6.05. The summed E-state index contributed by atoms with van der Waals surface area (Å²) in [7, 11) is -0.739. The molecule has 2 rings (SSSR count). The Morgan fingerprint density at radius 2 is 1.95 bits per heavy atom. The third kappa shape index (κ3) is 2.90. The highest BCUT2D eigenvalue weighted by Gasteiger charge is 2.44. The molecule has 1 aliphatic carbocycles. The molecule has 1 aromatic rings. The van der Waals surface area contributed by atoms with Crippen LogP contribution < -0.4 is 4.31 Å². The second-order valence-electron chi connectivity index (χ2n) is 5.40. The van der Waals surface area contributed by atoms with Gasteiger partial charge in [0.2, 0.25) is 10.0 Å². The molecular weight excluding hydrogens is 290 g/mol. The van der Waals surface area contributed by atoms with Crippen LogP contribution in [0.15, 0.2) is 24.3 Å². The van der Waals surface area contributed by atoms with Gasteiger partial charge in [-0.2, -0.15) is 0 Å². The third-order valence-corrected chi connectivity index (χ3v) is 6.47. The Bertz CT molecular complexity index is 626. The maximum Gasteiger partial charge on any atom is 0.310 e. The van der Waals surface area contributed by atoms with Crippen LogP contribution in [-0.4, -0.2) is 33.8 Å². The summed E-state index contributed by atoms with van der Waals surface area (Å²) < 4.78 is 31.7. The first-order chi connectivity index (χ1) is 9.89. The van der Waals surface area contributed by atoms with E-state index in [9.17, 15) is 13.2 Å². The van der Waals surface area contributed by atoms with Crippen molar-refractivity contribution < 1.29 is 17.9 Å². The number of anilines is 1. The van der Waals surface area contributed by atoms with Gasteiger partial charge in [-0.15, -0.1) is 0 Å². The van der Waals surface area contributed by atoms with Gasteiger partial charge in [-0.1, -0.05) is 24.6 Å². The molecule has 0 N–H and O–H groups in total. The molecule has 0 heterocycles. The number of benzene rings is 1. The lowest BCUT2D eigenvalue weighted by Gasteiger charge is -2.27. The standard InChI is InChI=1S/C15H21NO4S/c1-11-7-4-5-9-13(11)16(2)21(18,19)14-10-6-8-12(14)15(17)20-3/h4-5,7,9,12,14H,6,8,10H2,1-3H3. The summed E-state index contributed by atoms with van der Waals surface area (Å²) in [6, 6.07) is 7.32. The summed E-state index contributed by atoms with van der Waals surface area (Å²) in [5.41, 5.74) is 1.53. The molecule has 1 aliphatic rings. The molecule has 0 amide bonds. The smallest absolute Gasteiger partial charge is 0.310 e. The molecule has 0 aliphatic heterocycles. The van der Waals surface area contributed by atoms with Crippen LogP contribution in [-0.2, 0) is 19.6 Å². The molecule has 2 unspecified atom stereocenters. The van der Waals surface area contributed by atoms with Gasteiger partial charge in [0.05, 0.1) is 24.0 Å². The molecule has 0 spiro atoms. The highest BCUT2D eigenvalue weighted by molar-refractivity contribution is 7.93. The zero-order valence-electron chi connectivity index (χ0n) is 12.6. The largest absolute Gasteiger partial charge is 0.469 e. The normalized spacial score (nSPS) is 22.0. The highest BCUT2D eigenvalue weighted by atomic mass is 32.2. The molecule has 1 saturated carbocycles. The van der Waals surface area contributed by atoms with E-state index in [0.717, 1.165) is 12.0 Å². The van der Waals surface area contributed by atoms with E-state index in [-0.39, 0.29) is 0 Å². The van der Waals surface area contributed by atoms with Gasteiger partial charge in [0, 0.05) is 7.05 Å². The predicted molar refractivity (Wildman–Crippen MR) is 81.6 cm³/mol. The maximum atomic E-state index is 12.8. The van der Waals surface area contributed by atoms with Crippen LogP contribution in [0.5, 0.6) is 0 Å². The number of nitrogens with zero attached hydrogens (tertiary/aromatic N) is 1. The minimum atomic E-state index is -3.59. The fraction of sp³-hybridized carbons (Fsp3) is 0.533. The average molecular weight is 311 g/mol. The summed E-state index contributed by atoms with van der Waals surface area (Å²) >= 11 is 0. The van der Waals surface area contributed by atoms with E-state index in [1.807, 2.05) is 19.1 Å². The number of methoxy groups -OCH3 is 1. The van der Waals surface area contributed by atoms with Gasteiger partial charge in [-0.25, -0.2) is 8.42 Å². The lowest BCUT2D eigenvalue weighted by molar-refractivity contribution is -0.145. The zero-order valence-corrected chi connectivity index (χ0v) is 13.4. The molecule has 0 aromatic heterocycles. The van der Waals surface area contributed by atoms with Crippen molar-refractivity contribution in [1.82, 2.24) is 0 Å². The number of hydrogen-bond acceptors (Lipinski definition) is 4. The van der Waals surface area contributed by atoms with E-state index in [0.29, 0.717) is 18.5 Å². The molecule has 1 fully saturated rings. The van der Waals surface area contributed by atoms with Gasteiger partial charge in [-0.3, -0.25) is 9.10 Å². The maximum absolute atomic E-state index is 12.8. The molecule has 2 atom stereocenters. The summed E-state index contributed by atoms with van der Waals surface area (Å²) in [6.07, 6.45) is 1.79. The van der Waals surface area contributed by atoms with Crippen molar-refractivity contribution in [1.29, 1.82) is 0 Å². The lowest BCUT2D eigenvalue weighted by Crippen LogP contribution is -2.41. The first-order valence-electron chi connectivity index (χ1n) is 7.00. The molecule has 6 heteroatoms. The average Bonchev–Trinajstić information content (AvgIpc) is 2.96. The van der Waals surface area contributed by atoms with Crippen LogP contribution in [0.25, 0.3) is 0 Å². The Labute approximate surface area is 126 Å². The molecule has 5 nitrogen and oxygen atoms in total. The number of aryl methyl sites for hydroxylation is 1. The SMILES string of the molecule is COC(=O)C1CCCC1S(=O)(=O)N(C)c1ccccc1C. The van der Waals surface area contributed by atoms with Crippen molar-refractivity contribution in [3.05, 3.63) is 29.8 Å². The fourth-order valence-electron chi connectivity index (χ4n) is 2.96. The van der Waals surface area contributed by atoms with Crippen molar-refractivity contribution in [2.24, 2.45) is 5.92 Å². The molecule has 0 bridgehead atoms. The van der Waals surface area contributed by atoms with Crippen LogP contribution in [0.4, 0.5) is 5.69 Å². The lowest BCUT2D eigenvalue weighted by atomic mass is 10.1. The first-order valence-corrected chi connectivity index (χ1v) is 8.51. The number of carbonyl (C=O) groups is 1. The number of hydrogen-bond donors (Lipinski definition) is 0. The van der Waals surface area contributed by atoms with Crippen LogP contribution >= 0.6 is 0 Å². The Kier molecular flexibility index (Phi) is 4.56. The van der Waals surface area contributed by atoms with Gasteiger partial charge in [0.25, 0.3) is 0 Å². The van der Waals surface area contributed by atoms with Crippen LogP contribution in [0.3, 0.4) is 0 Å². The van der Waals surface area contributed by atoms with Crippen molar-refractivity contribution in [3.8, 4) is 0 Å². The minimum absolute atomic E-state index is 0.431. The number of para-hydroxylation sites is 1. The third-order valence-electron chi connectivity index (χ3n) is 4.18. The monoisotopic (exact) mass is 311 g/mol. The number of ether oxygens (including phenoxy) is 1. The first kappa shape index (κ1) is 15.8. The van der Waals surface area contributed by atoms with Gasteiger partial charge >= 0.3 is 5.97 Å². The number of rotatable bonds is 4. The van der Waals surface area contributed by atoms with Gasteiger partial charge < -0.3 is 4.74 Å². The van der Waals surface area contributed by atoms with Gasteiger partial charge in [0.15, 0.2) is 0 Å². The molecule has 0 saturated heterocycles. The van der Waals surface area contributed by atoms with Crippen molar-refractivity contribution >= 4 is 21.7 Å². The van der Waals surface area contributed by atoms with E-state index in [1.165, 1.54) is 11.4 Å². The van der Waals surface area contributed by atoms with E-state index >= 15 is 0 Å². The van der Waals surface area contributed by atoms with Gasteiger partial charge in [-0.05, 0) is 31.4 Å². The van der Waals surface area contributed by atoms with E-state index in [2.05, 4.69) is 0 Å². The quantitative estimate of drug-likeness (QED) is 0.799. The molecule has 116 valence electrons. The Balaban J connectivity index is 2.33. The van der Waals surface area contributed by atoms with E-state index in [4.69, 9.17) is 4.74 Å². The van der Waals surface area contributed by atoms with Crippen LogP contribution in [0, 0.1) is 12.8 Å². The fourth-order valence-corrected chi connectivity index (χ4v) is 4.97. The topological polar surface area (TPSA) is 63.7 Å². The highest BCUT2D eigenvalue weighted by Crippen LogP contribution is 2.35. The van der Waals surface area contributed by atoms with Crippen LogP contribution in [0.1, 0.15) is 24.8 Å². The van der Waals surface area contributed by atoms with Gasteiger partial charge in [0.1, 0.15) is 0 Å². The number of carbonyl (C=O) groups excluding carboxylic acids is 1. The number of sulfonamides is 1. The molecule has 21 heavy (non-hydrogen) atoms. The number of esters is 1. The Morgan fingerprint density at radius 1 is 1.29 bits per heavy atom. The summed E-state index contributed by atoms with van der Waals surface area (Å²) in [5, 5.41) is -0.699. The Hall–Kier alpha value is -1.56. The van der Waals surface area contributed by atoms with Crippen molar-refractivity contribution in [2.75, 3.05) is 18.5 Å². The zero-order chi connectivity index (χ0) is 15.6. The second-order valence-corrected chi connectivity index (χ2v) is 7.58. The van der Waals surface area contributed by atoms with E-state index in [1.54, 1.807) is 19.2 Å².